The van der Waals surface area contributed by atoms with Crippen molar-refractivity contribution in [1.82, 2.24) is 15.2 Å². The van der Waals surface area contributed by atoms with Crippen molar-refractivity contribution in [2.45, 2.75) is 0 Å². The molecular formula is C15H11FN4O2. The van der Waals surface area contributed by atoms with Crippen LogP contribution >= 0.6 is 0 Å². The highest BCUT2D eigenvalue weighted by atomic mass is 19.1. The average molecular weight is 298 g/mol. The van der Waals surface area contributed by atoms with Crippen molar-refractivity contribution in [2.24, 2.45) is 0 Å². The lowest BCUT2D eigenvalue weighted by molar-refractivity contribution is 0.0984. The summed E-state index contributed by atoms with van der Waals surface area (Å²) in [5, 5.41) is 17.9. The third-order valence-corrected chi connectivity index (χ3v) is 3.20. The number of halogens is 1. The number of rotatable bonds is 2. The van der Waals surface area contributed by atoms with E-state index in [2.05, 4.69) is 15.2 Å². The SMILES string of the molecule is CN(C(=O)c1nnc2ccc(F)cc2c1O)c1ccccn1. The van der Waals surface area contributed by atoms with Crippen molar-refractivity contribution in [3.8, 4) is 5.75 Å². The van der Waals surface area contributed by atoms with Crippen molar-refractivity contribution in [3.05, 3.63) is 54.1 Å². The molecule has 0 bridgehead atoms. The first-order valence-corrected chi connectivity index (χ1v) is 6.42. The van der Waals surface area contributed by atoms with Gasteiger partial charge in [0, 0.05) is 18.6 Å². The number of aromatic nitrogens is 3. The molecule has 3 aromatic rings. The molecule has 0 spiro atoms. The van der Waals surface area contributed by atoms with Gasteiger partial charge in [-0.3, -0.25) is 9.69 Å². The zero-order chi connectivity index (χ0) is 15.7. The second-order valence-electron chi connectivity index (χ2n) is 4.61. The van der Waals surface area contributed by atoms with Crippen LogP contribution in [0.25, 0.3) is 10.9 Å². The zero-order valence-corrected chi connectivity index (χ0v) is 11.6. The molecule has 0 radical (unpaired) electrons. The second kappa shape index (κ2) is 5.36. The van der Waals surface area contributed by atoms with Gasteiger partial charge in [0.1, 0.15) is 11.6 Å². The summed E-state index contributed by atoms with van der Waals surface area (Å²) >= 11 is 0. The van der Waals surface area contributed by atoms with Crippen molar-refractivity contribution in [2.75, 3.05) is 11.9 Å². The monoisotopic (exact) mass is 298 g/mol. The van der Waals surface area contributed by atoms with Gasteiger partial charge < -0.3 is 5.11 Å². The predicted octanol–water partition coefficient (Wildman–Crippen LogP) is 2.15. The number of carbonyl (C=O) groups excluding carboxylic acids is 1. The summed E-state index contributed by atoms with van der Waals surface area (Å²) in [6.45, 7) is 0. The van der Waals surface area contributed by atoms with Crippen LogP contribution in [0.5, 0.6) is 5.75 Å². The van der Waals surface area contributed by atoms with Crippen LogP contribution in [0.4, 0.5) is 10.2 Å². The van der Waals surface area contributed by atoms with Crippen LogP contribution in [0.1, 0.15) is 10.5 Å². The number of carbonyl (C=O) groups is 1. The summed E-state index contributed by atoms with van der Waals surface area (Å²) in [6, 6.07) is 8.79. The molecule has 0 unspecified atom stereocenters. The Morgan fingerprint density at radius 2 is 2.05 bits per heavy atom. The number of amides is 1. The van der Waals surface area contributed by atoms with Crippen LogP contribution in [-0.4, -0.2) is 33.2 Å². The summed E-state index contributed by atoms with van der Waals surface area (Å²) < 4.78 is 13.3. The molecule has 6 nitrogen and oxygen atoms in total. The van der Waals surface area contributed by atoms with Crippen molar-refractivity contribution < 1.29 is 14.3 Å². The maximum absolute atomic E-state index is 13.3. The highest BCUT2D eigenvalue weighted by molar-refractivity contribution is 6.08. The minimum Gasteiger partial charge on any atom is -0.505 e. The third kappa shape index (κ3) is 2.32. The fraction of sp³-hybridized carbons (Fsp3) is 0.0667. The van der Waals surface area contributed by atoms with E-state index < -0.39 is 17.5 Å². The van der Waals surface area contributed by atoms with Crippen molar-refractivity contribution in [1.29, 1.82) is 0 Å². The fourth-order valence-electron chi connectivity index (χ4n) is 2.02. The lowest BCUT2D eigenvalue weighted by atomic mass is 10.1. The molecule has 110 valence electrons. The van der Waals surface area contributed by atoms with Gasteiger partial charge in [0.25, 0.3) is 5.91 Å². The molecule has 1 aromatic carbocycles. The molecule has 0 aliphatic rings. The molecule has 0 saturated heterocycles. The van der Waals surface area contributed by atoms with Gasteiger partial charge in [0.05, 0.1) is 5.52 Å². The molecule has 1 N–H and O–H groups in total. The Labute approximate surface area is 124 Å². The smallest absolute Gasteiger partial charge is 0.283 e. The van der Waals surface area contributed by atoms with Gasteiger partial charge in [0.2, 0.25) is 0 Å². The Morgan fingerprint density at radius 1 is 1.23 bits per heavy atom. The number of fused-ring (bicyclic) bond motifs is 1. The number of anilines is 1. The van der Waals surface area contributed by atoms with E-state index in [4.69, 9.17) is 0 Å². The van der Waals surface area contributed by atoms with Crippen molar-refractivity contribution in [3.63, 3.8) is 0 Å². The van der Waals surface area contributed by atoms with Crippen LogP contribution in [0.3, 0.4) is 0 Å². The standard InChI is InChI=1S/C15H11FN4O2/c1-20(12-4-2-3-7-17-12)15(22)13-14(21)10-8-9(16)5-6-11(10)18-19-13/h2-8H,1H3,(H,18,21). The largest absolute Gasteiger partial charge is 0.505 e. The van der Waals surface area contributed by atoms with Gasteiger partial charge in [0.15, 0.2) is 11.4 Å². The summed E-state index contributed by atoms with van der Waals surface area (Å²) in [7, 11) is 1.50. The molecule has 0 atom stereocenters. The highest BCUT2D eigenvalue weighted by Gasteiger charge is 2.22. The molecule has 0 aliphatic heterocycles. The number of pyridine rings is 1. The number of nitrogens with zero attached hydrogens (tertiary/aromatic N) is 4. The highest BCUT2D eigenvalue weighted by Crippen LogP contribution is 2.27. The molecule has 2 aromatic heterocycles. The van der Waals surface area contributed by atoms with Crippen molar-refractivity contribution >= 4 is 22.6 Å². The van der Waals surface area contributed by atoms with E-state index in [0.717, 1.165) is 6.07 Å². The molecule has 0 fully saturated rings. The normalized spacial score (nSPS) is 10.6. The van der Waals surface area contributed by atoms with Gasteiger partial charge in [-0.15, -0.1) is 10.2 Å². The van der Waals surface area contributed by atoms with Crippen LogP contribution in [0, 0.1) is 5.82 Å². The number of aromatic hydroxyl groups is 1. The average Bonchev–Trinajstić information content (AvgIpc) is 2.55. The van der Waals surface area contributed by atoms with Crippen LogP contribution in [0.15, 0.2) is 42.6 Å². The lowest BCUT2D eigenvalue weighted by Crippen LogP contribution is -2.28. The maximum Gasteiger partial charge on any atom is 0.283 e. The second-order valence-corrected chi connectivity index (χ2v) is 4.61. The van der Waals surface area contributed by atoms with Gasteiger partial charge in [-0.25, -0.2) is 9.37 Å². The Kier molecular flexibility index (Phi) is 3.38. The Bertz CT molecular complexity index is 855. The number of hydrogen-bond donors (Lipinski definition) is 1. The number of benzene rings is 1. The minimum atomic E-state index is -0.588. The van der Waals surface area contributed by atoms with E-state index in [-0.39, 0.29) is 11.1 Å². The molecule has 3 rings (SSSR count). The predicted molar refractivity (Wildman–Crippen MR) is 78.1 cm³/mol. The van der Waals surface area contributed by atoms with Gasteiger partial charge >= 0.3 is 0 Å². The molecule has 0 aliphatic carbocycles. The molecule has 1 amide bonds. The summed E-state index contributed by atoms with van der Waals surface area (Å²) in [5.41, 5.74) is 0.0437. The summed E-state index contributed by atoms with van der Waals surface area (Å²) in [4.78, 5) is 17.7. The number of hydrogen-bond acceptors (Lipinski definition) is 5. The molecule has 22 heavy (non-hydrogen) atoms. The van der Waals surface area contributed by atoms with E-state index in [9.17, 15) is 14.3 Å². The zero-order valence-electron chi connectivity index (χ0n) is 11.6. The molecule has 2 heterocycles. The Hall–Kier alpha value is -3.09. The first-order chi connectivity index (χ1) is 10.6. The van der Waals surface area contributed by atoms with E-state index in [0.29, 0.717) is 11.3 Å². The Balaban J connectivity index is 2.06. The van der Waals surface area contributed by atoms with Gasteiger partial charge in [-0.05, 0) is 30.3 Å². The molecular weight excluding hydrogens is 287 g/mol. The van der Waals surface area contributed by atoms with Crippen LogP contribution in [0.2, 0.25) is 0 Å². The van der Waals surface area contributed by atoms with E-state index >= 15 is 0 Å². The molecule has 7 heteroatoms. The van der Waals surface area contributed by atoms with Gasteiger partial charge in [-0.2, -0.15) is 0 Å². The lowest BCUT2D eigenvalue weighted by Gasteiger charge is -2.16. The van der Waals surface area contributed by atoms with E-state index in [1.807, 2.05) is 0 Å². The third-order valence-electron chi connectivity index (χ3n) is 3.20. The molecule has 0 saturated carbocycles. The summed E-state index contributed by atoms with van der Waals surface area (Å²) in [6.07, 6.45) is 1.54. The minimum absolute atomic E-state index is 0.132. The van der Waals surface area contributed by atoms with Gasteiger partial charge in [-0.1, -0.05) is 6.07 Å². The van der Waals surface area contributed by atoms with Crippen LogP contribution in [-0.2, 0) is 0 Å². The quantitative estimate of drug-likeness (QED) is 0.784. The van der Waals surface area contributed by atoms with E-state index in [1.165, 1.54) is 24.1 Å². The van der Waals surface area contributed by atoms with E-state index in [1.54, 1.807) is 24.4 Å². The maximum atomic E-state index is 13.3. The fourth-order valence-corrected chi connectivity index (χ4v) is 2.02. The topological polar surface area (TPSA) is 79.2 Å². The van der Waals surface area contributed by atoms with Crippen LogP contribution < -0.4 is 4.90 Å². The first kappa shape index (κ1) is 13.9. The summed E-state index contributed by atoms with van der Waals surface area (Å²) in [5.74, 6) is -1.13. The Morgan fingerprint density at radius 3 is 2.77 bits per heavy atom. The first-order valence-electron chi connectivity index (χ1n) is 6.42.